The number of nitrogens with one attached hydrogen (secondary N) is 1. The van der Waals surface area contributed by atoms with E-state index < -0.39 is 0 Å². The van der Waals surface area contributed by atoms with Crippen LogP contribution < -0.4 is 10.1 Å². The maximum atomic E-state index is 11.4. The molecule has 3 nitrogen and oxygen atoms in total. The standard InChI is InChI=1S/C14H17NO2/c1-2-17-13-8-3-11(4-9-13)5-10-14(16)15-12-6-7-12/h3-5,8-10,12H,2,6-7H2,1H3,(H,15,16)/b10-5+. The molecule has 0 bridgehead atoms. The van der Waals surface area contributed by atoms with Crippen molar-refractivity contribution in [3.63, 3.8) is 0 Å². The second-order valence-electron chi connectivity index (χ2n) is 4.12. The molecule has 90 valence electrons. The molecule has 1 aromatic carbocycles. The molecule has 3 heteroatoms. The van der Waals surface area contributed by atoms with E-state index in [0.29, 0.717) is 12.6 Å². The molecule has 1 N–H and O–H groups in total. The van der Waals surface area contributed by atoms with E-state index in [2.05, 4.69) is 5.32 Å². The molecule has 1 aromatic rings. The molecule has 0 aromatic heterocycles. The van der Waals surface area contributed by atoms with E-state index in [-0.39, 0.29) is 5.91 Å². The fourth-order valence-corrected chi connectivity index (χ4v) is 1.49. The number of ether oxygens (including phenoxy) is 1. The van der Waals surface area contributed by atoms with Gasteiger partial charge < -0.3 is 10.1 Å². The zero-order chi connectivity index (χ0) is 12.1. The van der Waals surface area contributed by atoms with Crippen molar-refractivity contribution in [2.24, 2.45) is 0 Å². The predicted octanol–water partition coefficient (Wildman–Crippen LogP) is 2.38. The lowest BCUT2D eigenvalue weighted by molar-refractivity contribution is -0.116. The molecule has 1 saturated carbocycles. The number of rotatable bonds is 5. The van der Waals surface area contributed by atoms with Gasteiger partial charge in [-0.2, -0.15) is 0 Å². The van der Waals surface area contributed by atoms with Gasteiger partial charge in [0.15, 0.2) is 0 Å². The molecule has 0 heterocycles. The van der Waals surface area contributed by atoms with Gasteiger partial charge in [0.05, 0.1) is 6.61 Å². The summed E-state index contributed by atoms with van der Waals surface area (Å²) in [7, 11) is 0. The molecule has 1 aliphatic carbocycles. The SMILES string of the molecule is CCOc1ccc(/C=C/C(=O)NC2CC2)cc1. The normalized spacial score (nSPS) is 14.9. The van der Waals surface area contributed by atoms with Crippen LogP contribution in [0.5, 0.6) is 5.75 Å². The average molecular weight is 231 g/mol. The van der Waals surface area contributed by atoms with Gasteiger partial charge in [-0.3, -0.25) is 4.79 Å². The van der Waals surface area contributed by atoms with Crippen molar-refractivity contribution >= 4 is 12.0 Å². The Morgan fingerprint density at radius 3 is 2.71 bits per heavy atom. The zero-order valence-electron chi connectivity index (χ0n) is 9.98. The Bertz CT molecular complexity index is 405. The van der Waals surface area contributed by atoms with E-state index in [0.717, 1.165) is 24.2 Å². The van der Waals surface area contributed by atoms with Crippen LogP contribution in [0.2, 0.25) is 0 Å². The Morgan fingerprint density at radius 2 is 2.12 bits per heavy atom. The summed E-state index contributed by atoms with van der Waals surface area (Å²) in [5.41, 5.74) is 0.999. The van der Waals surface area contributed by atoms with Gasteiger partial charge in [-0.25, -0.2) is 0 Å². The van der Waals surface area contributed by atoms with Gasteiger partial charge in [-0.15, -0.1) is 0 Å². The third-order valence-electron chi connectivity index (χ3n) is 2.54. The van der Waals surface area contributed by atoms with Crippen molar-refractivity contribution in [3.05, 3.63) is 35.9 Å². The van der Waals surface area contributed by atoms with Gasteiger partial charge in [-0.05, 0) is 43.5 Å². The first kappa shape index (κ1) is 11.7. The molecular weight excluding hydrogens is 214 g/mol. The monoisotopic (exact) mass is 231 g/mol. The van der Waals surface area contributed by atoms with Crippen LogP contribution in [0.25, 0.3) is 6.08 Å². The fourth-order valence-electron chi connectivity index (χ4n) is 1.49. The summed E-state index contributed by atoms with van der Waals surface area (Å²) in [6.07, 6.45) is 5.62. The number of hydrogen-bond acceptors (Lipinski definition) is 2. The number of benzene rings is 1. The smallest absolute Gasteiger partial charge is 0.244 e. The second-order valence-corrected chi connectivity index (χ2v) is 4.12. The third-order valence-corrected chi connectivity index (χ3v) is 2.54. The lowest BCUT2D eigenvalue weighted by Gasteiger charge is -2.02. The van der Waals surface area contributed by atoms with Gasteiger partial charge in [0.1, 0.15) is 5.75 Å². The Hall–Kier alpha value is -1.77. The molecule has 0 saturated heterocycles. The third kappa shape index (κ3) is 3.94. The van der Waals surface area contributed by atoms with Crippen LogP contribution in [-0.2, 0) is 4.79 Å². The van der Waals surface area contributed by atoms with Crippen LogP contribution in [0.15, 0.2) is 30.3 Å². The number of amides is 1. The molecule has 1 fully saturated rings. The molecule has 1 amide bonds. The van der Waals surface area contributed by atoms with Crippen molar-refractivity contribution in [3.8, 4) is 5.75 Å². The minimum Gasteiger partial charge on any atom is -0.494 e. The van der Waals surface area contributed by atoms with E-state index in [4.69, 9.17) is 4.74 Å². The lowest BCUT2D eigenvalue weighted by atomic mass is 10.2. The average Bonchev–Trinajstić information content (AvgIpc) is 3.12. The van der Waals surface area contributed by atoms with Crippen molar-refractivity contribution in [1.82, 2.24) is 5.32 Å². The van der Waals surface area contributed by atoms with Gasteiger partial charge in [-0.1, -0.05) is 12.1 Å². The Labute approximate surface area is 101 Å². The van der Waals surface area contributed by atoms with E-state index in [1.807, 2.05) is 37.3 Å². The largest absolute Gasteiger partial charge is 0.494 e. The van der Waals surface area contributed by atoms with Crippen molar-refractivity contribution in [2.45, 2.75) is 25.8 Å². The molecule has 0 aliphatic heterocycles. The van der Waals surface area contributed by atoms with Crippen LogP contribution in [0, 0.1) is 0 Å². The maximum Gasteiger partial charge on any atom is 0.244 e. The van der Waals surface area contributed by atoms with Gasteiger partial charge in [0.25, 0.3) is 0 Å². The van der Waals surface area contributed by atoms with Crippen LogP contribution >= 0.6 is 0 Å². The number of carbonyl (C=O) groups excluding carboxylic acids is 1. The molecule has 0 radical (unpaired) electrons. The highest BCUT2D eigenvalue weighted by atomic mass is 16.5. The summed E-state index contributed by atoms with van der Waals surface area (Å²) in [5.74, 6) is 0.841. The molecule has 17 heavy (non-hydrogen) atoms. The van der Waals surface area contributed by atoms with Gasteiger partial charge >= 0.3 is 0 Å². The molecule has 0 spiro atoms. The topological polar surface area (TPSA) is 38.3 Å². The minimum atomic E-state index is -0.0126. The molecule has 2 rings (SSSR count). The first-order valence-corrected chi connectivity index (χ1v) is 5.99. The summed E-state index contributed by atoms with van der Waals surface area (Å²) in [5, 5.41) is 2.91. The first-order valence-electron chi connectivity index (χ1n) is 5.99. The maximum absolute atomic E-state index is 11.4. The Balaban J connectivity index is 1.88. The van der Waals surface area contributed by atoms with Crippen LogP contribution in [0.1, 0.15) is 25.3 Å². The molecule has 0 unspecified atom stereocenters. The van der Waals surface area contributed by atoms with Crippen molar-refractivity contribution < 1.29 is 9.53 Å². The van der Waals surface area contributed by atoms with Crippen LogP contribution in [0.3, 0.4) is 0 Å². The Kier molecular flexibility index (Phi) is 3.81. The highest BCUT2D eigenvalue weighted by Gasteiger charge is 2.21. The van der Waals surface area contributed by atoms with E-state index >= 15 is 0 Å². The minimum absolute atomic E-state index is 0.0126. The zero-order valence-corrected chi connectivity index (χ0v) is 9.98. The fraction of sp³-hybridized carbons (Fsp3) is 0.357. The summed E-state index contributed by atoms with van der Waals surface area (Å²) in [6, 6.07) is 8.09. The van der Waals surface area contributed by atoms with Gasteiger partial charge in [0, 0.05) is 12.1 Å². The summed E-state index contributed by atoms with van der Waals surface area (Å²) >= 11 is 0. The van der Waals surface area contributed by atoms with E-state index in [9.17, 15) is 4.79 Å². The number of carbonyl (C=O) groups is 1. The quantitative estimate of drug-likeness (QED) is 0.790. The number of hydrogen-bond donors (Lipinski definition) is 1. The summed E-state index contributed by atoms with van der Waals surface area (Å²) < 4.78 is 5.34. The second kappa shape index (κ2) is 5.53. The van der Waals surface area contributed by atoms with Crippen molar-refractivity contribution in [1.29, 1.82) is 0 Å². The van der Waals surface area contributed by atoms with Crippen LogP contribution in [0.4, 0.5) is 0 Å². The van der Waals surface area contributed by atoms with E-state index in [1.54, 1.807) is 6.08 Å². The summed E-state index contributed by atoms with van der Waals surface area (Å²) in [4.78, 5) is 11.4. The first-order chi connectivity index (χ1) is 8.28. The molecular formula is C14H17NO2. The highest BCUT2D eigenvalue weighted by Crippen LogP contribution is 2.18. The predicted molar refractivity (Wildman–Crippen MR) is 67.8 cm³/mol. The van der Waals surface area contributed by atoms with Gasteiger partial charge in [0.2, 0.25) is 5.91 Å². The summed E-state index contributed by atoms with van der Waals surface area (Å²) in [6.45, 7) is 2.62. The highest BCUT2D eigenvalue weighted by molar-refractivity contribution is 5.92. The molecule has 1 aliphatic rings. The van der Waals surface area contributed by atoms with Crippen molar-refractivity contribution in [2.75, 3.05) is 6.61 Å². The molecule has 0 atom stereocenters. The van der Waals surface area contributed by atoms with E-state index in [1.165, 1.54) is 0 Å². The lowest BCUT2D eigenvalue weighted by Crippen LogP contribution is -2.22. The Morgan fingerprint density at radius 1 is 1.41 bits per heavy atom. The van der Waals surface area contributed by atoms with Crippen LogP contribution in [-0.4, -0.2) is 18.6 Å².